The van der Waals surface area contributed by atoms with Crippen LogP contribution in [0.15, 0.2) is 18.6 Å². The summed E-state index contributed by atoms with van der Waals surface area (Å²) in [4.78, 5) is 18.5. The largest absolute Gasteiger partial charge is 0.347 e. The highest BCUT2D eigenvalue weighted by atomic mass is 32.1. The number of H-pyrrole nitrogens is 1. The first kappa shape index (κ1) is 9.78. The minimum Gasteiger partial charge on any atom is -0.347 e. The van der Waals surface area contributed by atoms with Crippen molar-refractivity contribution in [2.75, 3.05) is 0 Å². The van der Waals surface area contributed by atoms with Gasteiger partial charge in [-0.15, -0.1) is 0 Å². The van der Waals surface area contributed by atoms with Crippen LogP contribution in [-0.2, 0) is 0 Å². The van der Waals surface area contributed by atoms with Crippen molar-refractivity contribution in [1.82, 2.24) is 24.0 Å². The van der Waals surface area contributed by atoms with E-state index in [1.165, 1.54) is 6.20 Å². The topological polar surface area (TPSA) is 83.6 Å². The molecule has 15 heavy (non-hydrogen) atoms. The number of carbonyl (C=O) groups is 1. The molecule has 2 heterocycles. The van der Waals surface area contributed by atoms with Gasteiger partial charge in [0.25, 0.3) is 5.91 Å². The van der Waals surface area contributed by atoms with Gasteiger partial charge in [0.2, 0.25) is 0 Å². The molecule has 0 aliphatic rings. The fourth-order valence-electron chi connectivity index (χ4n) is 1.12. The maximum absolute atomic E-state index is 11.6. The van der Waals surface area contributed by atoms with Crippen LogP contribution in [0.1, 0.15) is 29.3 Å². The van der Waals surface area contributed by atoms with E-state index in [-0.39, 0.29) is 11.9 Å². The molecule has 0 aromatic carbocycles. The van der Waals surface area contributed by atoms with Crippen LogP contribution >= 0.6 is 11.7 Å². The Morgan fingerprint density at radius 1 is 1.67 bits per heavy atom. The van der Waals surface area contributed by atoms with Gasteiger partial charge >= 0.3 is 0 Å². The van der Waals surface area contributed by atoms with Crippen molar-refractivity contribution in [2.45, 2.75) is 13.0 Å². The molecule has 1 atom stereocenters. The molecule has 2 N–H and O–H groups in total. The van der Waals surface area contributed by atoms with Gasteiger partial charge < -0.3 is 10.3 Å². The number of amides is 1. The fourth-order valence-corrected chi connectivity index (χ4v) is 1.53. The standard InChI is InChI=1S/C8H9N5OS/c1-5(7-9-2-3-10-7)12-8(14)6-4-11-15-13-6/h2-5H,1H3,(H,9,10)(H,12,14). The number of hydrogen-bond acceptors (Lipinski definition) is 5. The highest BCUT2D eigenvalue weighted by molar-refractivity contribution is 6.99. The van der Waals surface area contributed by atoms with Crippen molar-refractivity contribution in [3.63, 3.8) is 0 Å². The zero-order chi connectivity index (χ0) is 10.7. The third kappa shape index (κ3) is 2.18. The van der Waals surface area contributed by atoms with Gasteiger partial charge in [0.15, 0.2) is 5.69 Å². The van der Waals surface area contributed by atoms with Crippen LogP contribution in [0, 0.1) is 0 Å². The number of imidazole rings is 1. The summed E-state index contributed by atoms with van der Waals surface area (Å²) in [6.07, 6.45) is 4.79. The van der Waals surface area contributed by atoms with Crippen LogP contribution in [0.2, 0.25) is 0 Å². The van der Waals surface area contributed by atoms with Crippen LogP contribution < -0.4 is 5.32 Å². The Morgan fingerprint density at radius 2 is 2.53 bits per heavy atom. The van der Waals surface area contributed by atoms with Crippen LogP contribution in [0.25, 0.3) is 0 Å². The van der Waals surface area contributed by atoms with Crippen molar-refractivity contribution >= 4 is 17.6 Å². The van der Waals surface area contributed by atoms with E-state index in [1.807, 2.05) is 6.92 Å². The predicted octanol–water partition coefficient (Wildman–Crippen LogP) is 0.752. The minimum absolute atomic E-state index is 0.172. The Morgan fingerprint density at radius 3 is 3.13 bits per heavy atom. The second-order valence-corrected chi connectivity index (χ2v) is 3.52. The molecule has 0 aliphatic heterocycles. The molecule has 6 nitrogen and oxygen atoms in total. The van der Waals surface area contributed by atoms with Crippen LogP contribution in [-0.4, -0.2) is 24.6 Å². The summed E-state index contributed by atoms with van der Waals surface area (Å²) < 4.78 is 7.60. The van der Waals surface area contributed by atoms with Gasteiger partial charge in [0, 0.05) is 12.4 Å². The Labute approximate surface area is 90.1 Å². The normalized spacial score (nSPS) is 12.3. The summed E-state index contributed by atoms with van der Waals surface area (Å²) in [5.74, 6) is 0.471. The Hall–Kier alpha value is -1.76. The lowest BCUT2D eigenvalue weighted by atomic mass is 10.3. The summed E-state index contributed by atoms with van der Waals surface area (Å²) >= 11 is 1.01. The van der Waals surface area contributed by atoms with Crippen LogP contribution in [0.4, 0.5) is 0 Å². The predicted molar refractivity (Wildman–Crippen MR) is 54.4 cm³/mol. The minimum atomic E-state index is -0.243. The molecular weight excluding hydrogens is 214 g/mol. The fraction of sp³-hybridized carbons (Fsp3) is 0.250. The molecule has 78 valence electrons. The Balaban J connectivity index is 2.01. The molecule has 1 unspecified atom stereocenters. The molecule has 0 bridgehead atoms. The maximum atomic E-state index is 11.6. The van der Waals surface area contributed by atoms with Gasteiger partial charge in [-0.25, -0.2) is 4.98 Å². The zero-order valence-electron chi connectivity index (χ0n) is 7.97. The third-order valence-electron chi connectivity index (χ3n) is 1.87. The SMILES string of the molecule is CC(NC(=O)c1cnsn1)c1ncc[nH]1. The Bertz CT molecular complexity index is 424. The van der Waals surface area contributed by atoms with Crippen molar-refractivity contribution in [1.29, 1.82) is 0 Å². The van der Waals surface area contributed by atoms with Gasteiger partial charge in [-0.2, -0.15) is 8.75 Å². The number of hydrogen-bond donors (Lipinski definition) is 2. The zero-order valence-corrected chi connectivity index (χ0v) is 8.78. The third-order valence-corrected chi connectivity index (χ3v) is 2.35. The molecule has 2 aromatic heterocycles. The highest BCUT2D eigenvalue weighted by Crippen LogP contribution is 2.06. The first-order valence-electron chi connectivity index (χ1n) is 4.35. The van der Waals surface area contributed by atoms with E-state index < -0.39 is 0 Å². The highest BCUT2D eigenvalue weighted by Gasteiger charge is 2.14. The van der Waals surface area contributed by atoms with Crippen LogP contribution in [0.5, 0.6) is 0 Å². The van der Waals surface area contributed by atoms with Crippen molar-refractivity contribution in [2.24, 2.45) is 0 Å². The van der Waals surface area contributed by atoms with E-state index in [2.05, 4.69) is 24.0 Å². The number of nitrogens with zero attached hydrogens (tertiary/aromatic N) is 3. The number of aromatic nitrogens is 4. The first-order chi connectivity index (χ1) is 7.27. The number of rotatable bonds is 3. The van der Waals surface area contributed by atoms with E-state index in [4.69, 9.17) is 0 Å². The Kier molecular flexibility index (Phi) is 2.72. The molecule has 1 amide bonds. The van der Waals surface area contributed by atoms with E-state index in [0.717, 1.165) is 11.7 Å². The van der Waals surface area contributed by atoms with Crippen LogP contribution in [0.3, 0.4) is 0 Å². The molecule has 0 radical (unpaired) electrons. The number of aromatic amines is 1. The summed E-state index contributed by atoms with van der Waals surface area (Å²) in [6.45, 7) is 1.84. The second kappa shape index (κ2) is 4.18. The molecule has 0 aliphatic carbocycles. The van der Waals surface area contributed by atoms with E-state index in [0.29, 0.717) is 11.5 Å². The summed E-state index contributed by atoms with van der Waals surface area (Å²) in [6, 6.07) is -0.172. The number of nitrogens with one attached hydrogen (secondary N) is 2. The molecule has 0 spiro atoms. The average molecular weight is 223 g/mol. The quantitative estimate of drug-likeness (QED) is 0.804. The van der Waals surface area contributed by atoms with Gasteiger partial charge in [-0.1, -0.05) is 0 Å². The monoisotopic (exact) mass is 223 g/mol. The smallest absolute Gasteiger partial charge is 0.273 e. The van der Waals surface area contributed by atoms with E-state index in [9.17, 15) is 4.79 Å². The van der Waals surface area contributed by atoms with Gasteiger partial charge in [0.05, 0.1) is 24.0 Å². The maximum Gasteiger partial charge on any atom is 0.273 e. The van der Waals surface area contributed by atoms with Gasteiger partial charge in [-0.3, -0.25) is 4.79 Å². The second-order valence-electron chi connectivity index (χ2n) is 2.96. The molecule has 0 saturated carbocycles. The van der Waals surface area contributed by atoms with Crippen molar-refractivity contribution < 1.29 is 4.79 Å². The van der Waals surface area contributed by atoms with E-state index in [1.54, 1.807) is 12.4 Å². The lowest BCUT2D eigenvalue weighted by Gasteiger charge is -2.09. The van der Waals surface area contributed by atoms with Gasteiger partial charge in [-0.05, 0) is 6.92 Å². The van der Waals surface area contributed by atoms with Gasteiger partial charge in [0.1, 0.15) is 5.82 Å². The molecule has 2 aromatic rings. The average Bonchev–Trinajstić information content (AvgIpc) is 2.91. The molecule has 7 heteroatoms. The number of carbonyl (C=O) groups excluding carboxylic acids is 1. The van der Waals surface area contributed by atoms with E-state index >= 15 is 0 Å². The first-order valence-corrected chi connectivity index (χ1v) is 5.08. The molecular formula is C8H9N5OS. The molecule has 0 saturated heterocycles. The lowest BCUT2D eigenvalue weighted by molar-refractivity contribution is 0.0934. The van der Waals surface area contributed by atoms with Crippen molar-refractivity contribution in [3.05, 3.63) is 30.1 Å². The molecule has 0 fully saturated rings. The lowest BCUT2D eigenvalue weighted by Crippen LogP contribution is -2.27. The summed E-state index contributed by atoms with van der Waals surface area (Å²) in [5, 5.41) is 2.76. The summed E-state index contributed by atoms with van der Waals surface area (Å²) in [7, 11) is 0. The van der Waals surface area contributed by atoms with Crippen molar-refractivity contribution in [3.8, 4) is 0 Å². The molecule has 2 rings (SSSR count). The summed E-state index contributed by atoms with van der Waals surface area (Å²) in [5.41, 5.74) is 0.332.